The van der Waals surface area contributed by atoms with Gasteiger partial charge in [0.05, 0.1) is 6.54 Å². The smallest absolute Gasteiger partial charge is 0.239 e. The van der Waals surface area contributed by atoms with Crippen LogP contribution in [-0.4, -0.2) is 31.6 Å². The molecule has 3 rings (SSSR count). The van der Waals surface area contributed by atoms with Crippen molar-refractivity contribution in [2.45, 2.75) is 31.8 Å². The van der Waals surface area contributed by atoms with Crippen LogP contribution in [0.5, 0.6) is 0 Å². The van der Waals surface area contributed by atoms with Gasteiger partial charge in [0.1, 0.15) is 0 Å². The molecule has 5 heteroatoms. The highest BCUT2D eigenvalue weighted by atomic mass is 79.9. The second kappa shape index (κ2) is 6.14. The van der Waals surface area contributed by atoms with Crippen LogP contribution in [0.4, 0.5) is 5.69 Å². The topological polar surface area (TPSA) is 44.4 Å². The average molecular weight is 338 g/mol. The Morgan fingerprint density at radius 1 is 1.40 bits per heavy atom. The minimum absolute atomic E-state index is 0.114. The van der Waals surface area contributed by atoms with E-state index in [1.807, 2.05) is 0 Å². The van der Waals surface area contributed by atoms with E-state index in [-0.39, 0.29) is 5.91 Å². The van der Waals surface area contributed by atoms with Crippen LogP contribution in [0.25, 0.3) is 0 Å². The molecule has 20 heavy (non-hydrogen) atoms. The molecule has 1 aliphatic heterocycles. The summed E-state index contributed by atoms with van der Waals surface area (Å²) in [5.41, 5.74) is 2.44. The van der Waals surface area contributed by atoms with Crippen molar-refractivity contribution in [3.63, 3.8) is 0 Å². The van der Waals surface area contributed by atoms with Crippen LogP contribution >= 0.6 is 15.9 Å². The fraction of sp³-hybridized carbons (Fsp3) is 0.533. The van der Waals surface area contributed by atoms with E-state index in [0.29, 0.717) is 12.6 Å². The monoisotopic (exact) mass is 337 g/mol. The second-order valence-electron chi connectivity index (χ2n) is 5.55. The molecule has 0 atom stereocenters. The van der Waals surface area contributed by atoms with Gasteiger partial charge in [0, 0.05) is 35.8 Å². The standard InChI is InChI=1S/C15H20BrN3O/c16-12-3-2-11(9-18-13-4-5-13)14(8-12)19-7-1-6-17-15(20)10-19/h2-3,8,13,18H,1,4-7,9-10H2,(H,17,20). The molecule has 1 saturated carbocycles. The lowest BCUT2D eigenvalue weighted by Crippen LogP contribution is -2.34. The van der Waals surface area contributed by atoms with Gasteiger partial charge in [-0.25, -0.2) is 0 Å². The van der Waals surface area contributed by atoms with Gasteiger partial charge in [-0.3, -0.25) is 4.79 Å². The first-order chi connectivity index (χ1) is 9.72. The molecule has 0 aromatic heterocycles. The SMILES string of the molecule is O=C1CN(c2cc(Br)ccc2CNC2CC2)CCCN1. The first kappa shape index (κ1) is 13.9. The van der Waals surface area contributed by atoms with Crippen molar-refractivity contribution in [2.24, 2.45) is 0 Å². The van der Waals surface area contributed by atoms with E-state index < -0.39 is 0 Å². The summed E-state index contributed by atoms with van der Waals surface area (Å²) in [7, 11) is 0. The largest absolute Gasteiger partial charge is 0.362 e. The zero-order valence-corrected chi connectivity index (χ0v) is 13.1. The average Bonchev–Trinajstić information content (AvgIpc) is 3.25. The maximum Gasteiger partial charge on any atom is 0.239 e. The Bertz CT molecular complexity index is 502. The Hall–Kier alpha value is -1.07. The molecule has 1 aliphatic carbocycles. The molecule has 0 spiro atoms. The normalized spacial score (nSPS) is 19.6. The molecule has 1 aromatic rings. The Kier molecular flexibility index (Phi) is 4.27. The summed E-state index contributed by atoms with van der Waals surface area (Å²) >= 11 is 3.54. The first-order valence-electron chi connectivity index (χ1n) is 7.26. The lowest BCUT2D eigenvalue weighted by atomic mass is 10.1. The zero-order chi connectivity index (χ0) is 13.9. The lowest BCUT2D eigenvalue weighted by Gasteiger charge is -2.25. The maximum absolute atomic E-state index is 11.8. The number of hydrogen-bond acceptors (Lipinski definition) is 3. The van der Waals surface area contributed by atoms with E-state index in [1.165, 1.54) is 24.1 Å². The van der Waals surface area contributed by atoms with Crippen molar-refractivity contribution < 1.29 is 4.79 Å². The van der Waals surface area contributed by atoms with Crippen molar-refractivity contribution in [2.75, 3.05) is 24.5 Å². The number of halogens is 1. The Morgan fingerprint density at radius 2 is 2.25 bits per heavy atom. The molecule has 4 nitrogen and oxygen atoms in total. The predicted octanol–water partition coefficient (Wildman–Crippen LogP) is 2.03. The molecule has 1 heterocycles. The summed E-state index contributed by atoms with van der Waals surface area (Å²) in [4.78, 5) is 14.0. The number of nitrogens with one attached hydrogen (secondary N) is 2. The third-order valence-electron chi connectivity index (χ3n) is 3.81. The van der Waals surface area contributed by atoms with E-state index in [1.54, 1.807) is 0 Å². The highest BCUT2D eigenvalue weighted by Gasteiger charge is 2.22. The van der Waals surface area contributed by atoms with Gasteiger partial charge in [0.2, 0.25) is 5.91 Å². The molecule has 0 unspecified atom stereocenters. The van der Waals surface area contributed by atoms with Crippen molar-refractivity contribution in [3.05, 3.63) is 28.2 Å². The summed E-state index contributed by atoms with van der Waals surface area (Å²) in [5.74, 6) is 0.114. The van der Waals surface area contributed by atoms with E-state index in [2.05, 4.69) is 49.7 Å². The van der Waals surface area contributed by atoms with Gasteiger partial charge in [-0.1, -0.05) is 22.0 Å². The van der Waals surface area contributed by atoms with Gasteiger partial charge in [0.15, 0.2) is 0 Å². The van der Waals surface area contributed by atoms with Crippen LogP contribution in [0.3, 0.4) is 0 Å². The molecule has 2 fully saturated rings. The molecule has 1 aromatic carbocycles. The molecule has 2 aliphatic rings. The van der Waals surface area contributed by atoms with Gasteiger partial charge in [0.25, 0.3) is 0 Å². The van der Waals surface area contributed by atoms with Crippen LogP contribution in [0, 0.1) is 0 Å². The lowest BCUT2D eigenvalue weighted by molar-refractivity contribution is -0.119. The fourth-order valence-electron chi connectivity index (χ4n) is 2.53. The third-order valence-corrected chi connectivity index (χ3v) is 4.30. The number of benzene rings is 1. The quantitative estimate of drug-likeness (QED) is 0.883. The van der Waals surface area contributed by atoms with Crippen LogP contribution in [0.1, 0.15) is 24.8 Å². The second-order valence-corrected chi connectivity index (χ2v) is 6.47. The number of rotatable bonds is 4. The van der Waals surface area contributed by atoms with Gasteiger partial charge < -0.3 is 15.5 Å². The van der Waals surface area contributed by atoms with Gasteiger partial charge in [-0.2, -0.15) is 0 Å². The molecular formula is C15H20BrN3O. The van der Waals surface area contributed by atoms with Crippen molar-refractivity contribution in [3.8, 4) is 0 Å². The van der Waals surface area contributed by atoms with Crippen LogP contribution in [0.15, 0.2) is 22.7 Å². The molecule has 0 radical (unpaired) electrons. The van der Waals surface area contributed by atoms with E-state index in [9.17, 15) is 4.79 Å². The molecule has 1 amide bonds. The minimum atomic E-state index is 0.114. The van der Waals surface area contributed by atoms with Crippen molar-refractivity contribution in [1.82, 2.24) is 10.6 Å². The van der Waals surface area contributed by atoms with Crippen molar-refractivity contribution >= 4 is 27.5 Å². The highest BCUT2D eigenvalue weighted by Crippen LogP contribution is 2.27. The first-order valence-corrected chi connectivity index (χ1v) is 8.05. The van der Waals surface area contributed by atoms with Crippen LogP contribution in [-0.2, 0) is 11.3 Å². The fourth-order valence-corrected chi connectivity index (χ4v) is 2.88. The number of carbonyl (C=O) groups is 1. The predicted molar refractivity (Wildman–Crippen MR) is 83.8 cm³/mol. The zero-order valence-electron chi connectivity index (χ0n) is 11.5. The molecule has 108 valence electrons. The number of amides is 1. The summed E-state index contributed by atoms with van der Waals surface area (Å²) in [6.07, 6.45) is 3.57. The Labute approximate surface area is 128 Å². The number of nitrogens with zero attached hydrogens (tertiary/aromatic N) is 1. The van der Waals surface area contributed by atoms with E-state index in [0.717, 1.165) is 30.5 Å². The van der Waals surface area contributed by atoms with Crippen LogP contribution < -0.4 is 15.5 Å². The number of carbonyl (C=O) groups excluding carboxylic acids is 1. The third kappa shape index (κ3) is 3.52. The Balaban J connectivity index is 1.80. The minimum Gasteiger partial charge on any atom is -0.362 e. The van der Waals surface area contributed by atoms with E-state index >= 15 is 0 Å². The van der Waals surface area contributed by atoms with Gasteiger partial charge in [-0.15, -0.1) is 0 Å². The summed E-state index contributed by atoms with van der Waals surface area (Å²) in [5, 5.41) is 6.49. The van der Waals surface area contributed by atoms with Crippen molar-refractivity contribution in [1.29, 1.82) is 0 Å². The summed E-state index contributed by atoms with van der Waals surface area (Å²) in [6, 6.07) is 7.05. The number of hydrogen-bond donors (Lipinski definition) is 2. The molecule has 2 N–H and O–H groups in total. The summed E-state index contributed by atoms with van der Waals surface area (Å²) in [6.45, 7) is 3.03. The van der Waals surface area contributed by atoms with Crippen LogP contribution in [0.2, 0.25) is 0 Å². The number of anilines is 1. The van der Waals surface area contributed by atoms with E-state index in [4.69, 9.17) is 0 Å². The maximum atomic E-state index is 11.8. The summed E-state index contributed by atoms with van der Waals surface area (Å²) < 4.78 is 1.06. The molecule has 0 bridgehead atoms. The molecule has 1 saturated heterocycles. The highest BCUT2D eigenvalue weighted by molar-refractivity contribution is 9.10. The van der Waals surface area contributed by atoms with Gasteiger partial charge >= 0.3 is 0 Å². The Morgan fingerprint density at radius 3 is 3.05 bits per heavy atom. The molecular weight excluding hydrogens is 318 g/mol. The van der Waals surface area contributed by atoms with Gasteiger partial charge in [-0.05, 0) is 37.0 Å².